The zero-order valence-corrected chi connectivity index (χ0v) is 12.4. The smallest absolute Gasteiger partial charge is 0.00214 e. The van der Waals surface area contributed by atoms with Crippen molar-refractivity contribution in [2.75, 3.05) is 0 Å². The Labute approximate surface area is 102 Å². The summed E-state index contributed by atoms with van der Waals surface area (Å²) >= 11 is 2.18. The SMILES string of the molecule is CC(C)CCC(C)SC(C)CCC(C)C. The van der Waals surface area contributed by atoms with Crippen molar-refractivity contribution in [1.82, 2.24) is 0 Å². The van der Waals surface area contributed by atoms with Gasteiger partial charge in [-0.15, -0.1) is 0 Å². The van der Waals surface area contributed by atoms with E-state index in [0.717, 1.165) is 22.3 Å². The zero-order chi connectivity index (χ0) is 11.8. The van der Waals surface area contributed by atoms with Gasteiger partial charge in [0.1, 0.15) is 0 Å². The van der Waals surface area contributed by atoms with Gasteiger partial charge in [-0.1, -0.05) is 41.5 Å². The lowest BCUT2D eigenvalue weighted by Crippen LogP contribution is -2.07. The molecule has 2 atom stereocenters. The van der Waals surface area contributed by atoms with Crippen LogP contribution in [0.25, 0.3) is 0 Å². The van der Waals surface area contributed by atoms with E-state index in [-0.39, 0.29) is 0 Å². The van der Waals surface area contributed by atoms with Gasteiger partial charge in [-0.05, 0) is 37.5 Å². The molecule has 0 bridgehead atoms. The van der Waals surface area contributed by atoms with Gasteiger partial charge < -0.3 is 0 Å². The quantitative estimate of drug-likeness (QED) is 0.540. The van der Waals surface area contributed by atoms with Crippen LogP contribution < -0.4 is 0 Å². The number of rotatable bonds is 8. The molecule has 1 heteroatoms. The topological polar surface area (TPSA) is 0 Å². The molecule has 0 aromatic rings. The van der Waals surface area contributed by atoms with E-state index < -0.39 is 0 Å². The number of hydrogen-bond acceptors (Lipinski definition) is 1. The fourth-order valence-corrected chi connectivity index (χ4v) is 3.01. The summed E-state index contributed by atoms with van der Waals surface area (Å²) in [4.78, 5) is 0. The van der Waals surface area contributed by atoms with E-state index in [1.54, 1.807) is 0 Å². The molecule has 0 aromatic carbocycles. The molecule has 0 aromatic heterocycles. The lowest BCUT2D eigenvalue weighted by atomic mass is 10.1. The van der Waals surface area contributed by atoms with Gasteiger partial charge in [0.2, 0.25) is 0 Å². The molecule has 0 saturated carbocycles. The van der Waals surface area contributed by atoms with Crippen molar-refractivity contribution in [3.8, 4) is 0 Å². The predicted molar refractivity (Wildman–Crippen MR) is 74.7 cm³/mol. The van der Waals surface area contributed by atoms with Crippen molar-refractivity contribution in [2.45, 2.75) is 77.7 Å². The largest absolute Gasteiger partial charge is 0.156 e. The molecular formula is C14H30S. The minimum atomic E-state index is 0.842. The van der Waals surface area contributed by atoms with Crippen LogP contribution in [0.5, 0.6) is 0 Å². The van der Waals surface area contributed by atoms with E-state index in [1.165, 1.54) is 25.7 Å². The second kappa shape index (κ2) is 8.50. The maximum absolute atomic E-state index is 2.39. The number of hydrogen-bond donors (Lipinski definition) is 0. The molecule has 0 N–H and O–H groups in total. The van der Waals surface area contributed by atoms with Crippen LogP contribution in [0, 0.1) is 11.8 Å². The Bertz CT molecular complexity index is 124. The molecule has 0 fully saturated rings. The fraction of sp³-hybridized carbons (Fsp3) is 1.00. The Morgan fingerprint density at radius 3 is 1.20 bits per heavy atom. The van der Waals surface area contributed by atoms with E-state index in [4.69, 9.17) is 0 Å². The lowest BCUT2D eigenvalue weighted by Gasteiger charge is -2.18. The first-order valence-electron chi connectivity index (χ1n) is 6.57. The van der Waals surface area contributed by atoms with Crippen molar-refractivity contribution < 1.29 is 0 Å². The van der Waals surface area contributed by atoms with Crippen LogP contribution >= 0.6 is 11.8 Å². The molecule has 2 unspecified atom stereocenters. The van der Waals surface area contributed by atoms with Crippen LogP contribution in [0.4, 0.5) is 0 Å². The van der Waals surface area contributed by atoms with Crippen molar-refractivity contribution in [3.05, 3.63) is 0 Å². The second-order valence-corrected chi connectivity index (χ2v) is 7.58. The highest BCUT2D eigenvalue weighted by Gasteiger charge is 2.10. The van der Waals surface area contributed by atoms with Gasteiger partial charge in [0, 0.05) is 10.5 Å². The van der Waals surface area contributed by atoms with E-state index in [0.29, 0.717) is 0 Å². The molecule has 15 heavy (non-hydrogen) atoms. The van der Waals surface area contributed by atoms with Gasteiger partial charge in [-0.25, -0.2) is 0 Å². The molecule has 0 saturated heterocycles. The van der Waals surface area contributed by atoms with Gasteiger partial charge >= 0.3 is 0 Å². The Morgan fingerprint density at radius 1 is 0.600 bits per heavy atom. The summed E-state index contributed by atoms with van der Waals surface area (Å²) in [5.41, 5.74) is 0. The van der Waals surface area contributed by atoms with Crippen molar-refractivity contribution in [1.29, 1.82) is 0 Å². The number of thioether (sulfide) groups is 1. The average Bonchev–Trinajstić information content (AvgIpc) is 2.11. The molecule has 0 spiro atoms. The second-order valence-electron chi connectivity index (χ2n) is 5.70. The van der Waals surface area contributed by atoms with Crippen LogP contribution in [0.1, 0.15) is 67.2 Å². The van der Waals surface area contributed by atoms with Gasteiger partial charge in [-0.3, -0.25) is 0 Å². The van der Waals surface area contributed by atoms with Gasteiger partial charge in [0.05, 0.1) is 0 Å². The van der Waals surface area contributed by atoms with Crippen LogP contribution in [0.3, 0.4) is 0 Å². The fourth-order valence-electron chi connectivity index (χ4n) is 1.67. The lowest BCUT2D eigenvalue weighted by molar-refractivity contribution is 0.545. The zero-order valence-electron chi connectivity index (χ0n) is 11.5. The van der Waals surface area contributed by atoms with Crippen molar-refractivity contribution in [3.63, 3.8) is 0 Å². The standard InChI is InChI=1S/C14H30S/c1-11(2)7-9-13(5)15-14(6)10-8-12(3)4/h11-14H,7-10H2,1-6H3. The molecule has 0 heterocycles. The summed E-state index contributed by atoms with van der Waals surface area (Å²) < 4.78 is 0. The highest BCUT2D eigenvalue weighted by atomic mass is 32.2. The Balaban J connectivity index is 3.52. The van der Waals surface area contributed by atoms with Gasteiger partial charge in [0.15, 0.2) is 0 Å². The molecule has 0 amide bonds. The van der Waals surface area contributed by atoms with Crippen LogP contribution in [-0.2, 0) is 0 Å². The highest BCUT2D eigenvalue weighted by Crippen LogP contribution is 2.26. The summed E-state index contributed by atoms with van der Waals surface area (Å²) in [5, 5.41) is 1.68. The molecule has 0 aliphatic carbocycles. The summed E-state index contributed by atoms with van der Waals surface area (Å²) in [5.74, 6) is 1.72. The van der Waals surface area contributed by atoms with Crippen molar-refractivity contribution >= 4 is 11.8 Å². The van der Waals surface area contributed by atoms with Crippen LogP contribution in [-0.4, -0.2) is 10.5 Å². The average molecular weight is 230 g/mol. The Morgan fingerprint density at radius 2 is 0.933 bits per heavy atom. The van der Waals surface area contributed by atoms with Crippen LogP contribution in [0.2, 0.25) is 0 Å². The molecule has 0 radical (unpaired) electrons. The first kappa shape index (κ1) is 15.3. The summed E-state index contributed by atoms with van der Waals surface area (Å²) in [6, 6.07) is 0. The van der Waals surface area contributed by atoms with Crippen LogP contribution in [0.15, 0.2) is 0 Å². The maximum atomic E-state index is 2.39. The van der Waals surface area contributed by atoms with E-state index in [2.05, 4.69) is 53.3 Å². The minimum Gasteiger partial charge on any atom is -0.156 e. The van der Waals surface area contributed by atoms with E-state index in [1.807, 2.05) is 0 Å². The third kappa shape index (κ3) is 10.6. The van der Waals surface area contributed by atoms with E-state index in [9.17, 15) is 0 Å². The molecule has 0 aliphatic rings. The first-order valence-corrected chi connectivity index (χ1v) is 7.51. The highest BCUT2D eigenvalue weighted by molar-refractivity contribution is 8.00. The molecule has 92 valence electrons. The molecule has 0 rings (SSSR count). The van der Waals surface area contributed by atoms with Gasteiger partial charge in [-0.2, -0.15) is 11.8 Å². The maximum Gasteiger partial charge on any atom is 0.00214 e. The van der Waals surface area contributed by atoms with Crippen molar-refractivity contribution in [2.24, 2.45) is 11.8 Å². The van der Waals surface area contributed by atoms with E-state index >= 15 is 0 Å². The van der Waals surface area contributed by atoms with Gasteiger partial charge in [0.25, 0.3) is 0 Å². The molecule has 0 aliphatic heterocycles. The third-order valence-electron chi connectivity index (χ3n) is 2.77. The minimum absolute atomic E-state index is 0.842. The molecule has 0 nitrogen and oxygen atoms in total. The monoisotopic (exact) mass is 230 g/mol. The summed E-state index contributed by atoms with van der Waals surface area (Å²) in [6.07, 6.45) is 5.53. The normalized spacial score (nSPS) is 16.0. The third-order valence-corrected chi connectivity index (χ3v) is 4.17. The Hall–Kier alpha value is 0.350. The Kier molecular flexibility index (Phi) is 8.69. The summed E-state index contributed by atoms with van der Waals surface area (Å²) in [7, 11) is 0. The molecular weight excluding hydrogens is 200 g/mol. The summed E-state index contributed by atoms with van der Waals surface area (Å²) in [6.45, 7) is 14.1. The first-order chi connectivity index (χ1) is 6.91. The predicted octanol–water partition coefficient (Wildman–Crippen LogP) is 5.37.